The van der Waals surface area contributed by atoms with E-state index in [1.807, 2.05) is 0 Å². The molecule has 0 saturated heterocycles. The van der Waals surface area contributed by atoms with Gasteiger partial charge in [-0.3, -0.25) is 4.68 Å². The van der Waals surface area contributed by atoms with Gasteiger partial charge in [-0.1, -0.05) is 6.92 Å². The third kappa shape index (κ3) is 3.68. The first-order valence-corrected chi connectivity index (χ1v) is 7.49. The minimum absolute atomic E-state index is 0.490. The van der Waals surface area contributed by atoms with Crippen molar-refractivity contribution in [3.8, 4) is 0 Å². The lowest BCUT2D eigenvalue weighted by Gasteiger charge is -2.08. The Labute approximate surface area is 113 Å². The van der Waals surface area contributed by atoms with Crippen molar-refractivity contribution in [3.05, 3.63) is 40.3 Å². The van der Waals surface area contributed by atoms with Gasteiger partial charge < -0.3 is 5.32 Å². The predicted molar refractivity (Wildman–Crippen MR) is 77.0 cm³/mol. The third-order valence-electron chi connectivity index (χ3n) is 3.18. The Morgan fingerprint density at radius 3 is 3.06 bits per heavy atom. The zero-order chi connectivity index (χ0) is 12.8. The lowest BCUT2D eigenvalue weighted by molar-refractivity contribution is 0.471. The number of thiophene rings is 1. The molecule has 0 aliphatic carbocycles. The lowest BCUT2D eigenvalue weighted by atomic mass is 10.2. The van der Waals surface area contributed by atoms with Gasteiger partial charge in [-0.25, -0.2) is 0 Å². The number of hydrogen-bond donors (Lipinski definition) is 1. The molecule has 0 aliphatic rings. The van der Waals surface area contributed by atoms with Crippen molar-refractivity contribution in [3.63, 3.8) is 0 Å². The van der Waals surface area contributed by atoms with Gasteiger partial charge >= 0.3 is 0 Å². The summed E-state index contributed by atoms with van der Waals surface area (Å²) in [7, 11) is 0. The van der Waals surface area contributed by atoms with Gasteiger partial charge in [-0.15, -0.1) is 0 Å². The topological polar surface area (TPSA) is 29.9 Å². The Hall–Kier alpha value is -1.13. The van der Waals surface area contributed by atoms with Crippen LogP contribution in [0.4, 0.5) is 0 Å². The second-order valence-corrected chi connectivity index (χ2v) is 5.38. The summed E-state index contributed by atoms with van der Waals surface area (Å²) in [6.07, 6.45) is 4.28. The van der Waals surface area contributed by atoms with Crippen LogP contribution in [-0.4, -0.2) is 16.3 Å². The molecule has 1 N–H and O–H groups in total. The highest BCUT2D eigenvalue weighted by Crippen LogP contribution is 2.09. The van der Waals surface area contributed by atoms with Crippen LogP contribution in [0, 0.1) is 0 Å². The Bertz CT molecular complexity index is 447. The molecule has 18 heavy (non-hydrogen) atoms. The summed E-state index contributed by atoms with van der Waals surface area (Å²) in [4.78, 5) is 0. The zero-order valence-corrected chi connectivity index (χ0v) is 11.9. The summed E-state index contributed by atoms with van der Waals surface area (Å²) in [6, 6.07) is 4.78. The molecular weight excluding hydrogens is 242 g/mol. The smallest absolute Gasteiger partial charge is 0.0762 e. The van der Waals surface area contributed by atoms with E-state index in [-0.39, 0.29) is 0 Å². The molecule has 4 heteroatoms. The molecule has 0 fully saturated rings. The van der Waals surface area contributed by atoms with Crippen LogP contribution >= 0.6 is 11.3 Å². The minimum atomic E-state index is 0.490. The molecule has 0 radical (unpaired) electrons. The summed E-state index contributed by atoms with van der Waals surface area (Å²) in [5.41, 5.74) is 2.54. The maximum Gasteiger partial charge on any atom is 0.0762 e. The fraction of sp³-hybridized carbons (Fsp3) is 0.500. The Balaban J connectivity index is 1.71. The van der Waals surface area contributed by atoms with Crippen LogP contribution in [0.25, 0.3) is 0 Å². The van der Waals surface area contributed by atoms with E-state index < -0.39 is 0 Å². The molecule has 0 saturated carbocycles. The molecule has 2 heterocycles. The van der Waals surface area contributed by atoms with Gasteiger partial charge in [-0.2, -0.15) is 16.4 Å². The molecule has 2 aromatic rings. The average Bonchev–Trinajstić information content (AvgIpc) is 3.05. The van der Waals surface area contributed by atoms with E-state index in [0.717, 1.165) is 31.6 Å². The van der Waals surface area contributed by atoms with Crippen LogP contribution < -0.4 is 5.32 Å². The van der Waals surface area contributed by atoms with Crippen LogP contribution in [0.5, 0.6) is 0 Å². The largest absolute Gasteiger partial charge is 0.311 e. The van der Waals surface area contributed by atoms with Crippen molar-refractivity contribution >= 4 is 11.3 Å². The third-order valence-corrected chi connectivity index (χ3v) is 3.91. The number of rotatable bonds is 7. The van der Waals surface area contributed by atoms with Gasteiger partial charge in [0.1, 0.15) is 0 Å². The SMILES string of the molecule is CCC(C)n1ccc(CNCCc2ccsc2)n1. The van der Waals surface area contributed by atoms with Crippen LogP contribution in [0.1, 0.15) is 37.6 Å². The van der Waals surface area contributed by atoms with E-state index in [1.165, 1.54) is 5.56 Å². The highest BCUT2D eigenvalue weighted by atomic mass is 32.1. The van der Waals surface area contributed by atoms with Gasteiger partial charge in [0, 0.05) is 18.8 Å². The summed E-state index contributed by atoms with van der Waals surface area (Å²) in [5.74, 6) is 0. The standard InChI is InChI=1S/C14H21N3S/c1-3-12(2)17-8-5-14(16-17)10-15-7-4-13-6-9-18-11-13/h5-6,8-9,11-12,15H,3-4,7,10H2,1-2H3. The van der Waals surface area contributed by atoms with Crippen LogP contribution in [-0.2, 0) is 13.0 Å². The zero-order valence-electron chi connectivity index (χ0n) is 11.1. The van der Waals surface area contributed by atoms with E-state index in [0.29, 0.717) is 6.04 Å². The number of nitrogens with zero attached hydrogens (tertiary/aromatic N) is 2. The first kappa shape index (κ1) is 13.3. The second-order valence-electron chi connectivity index (χ2n) is 4.60. The van der Waals surface area contributed by atoms with Crippen molar-refractivity contribution in [2.24, 2.45) is 0 Å². The van der Waals surface area contributed by atoms with Crippen LogP contribution in [0.15, 0.2) is 29.1 Å². The maximum atomic E-state index is 4.57. The van der Waals surface area contributed by atoms with Gasteiger partial charge in [0.25, 0.3) is 0 Å². The van der Waals surface area contributed by atoms with Crippen molar-refractivity contribution in [1.82, 2.24) is 15.1 Å². The monoisotopic (exact) mass is 263 g/mol. The molecule has 98 valence electrons. The lowest BCUT2D eigenvalue weighted by Crippen LogP contribution is -2.17. The molecule has 0 aliphatic heterocycles. The fourth-order valence-electron chi connectivity index (χ4n) is 1.79. The summed E-state index contributed by atoms with van der Waals surface area (Å²) in [5, 5.41) is 12.3. The molecule has 2 aromatic heterocycles. The first-order chi connectivity index (χ1) is 8.79. The summed E-state index contributed by atoms with van der Waals surface area (Å²) >= 11 is 1.76. The van der Waals surface area contributed by atoms with Crippen molar-refractivity contribution in [2.75, 3.05) is 6.54 Å². The average molecular weight is 263 g/mol. The fourth-order valence-corrected chi connectivity index (χ4v) is 2.49. The molecule has 1 atom stereocenters. The molecular formula is C14H21N3S. The van der Waals surface area contributed by atoms with E-state index in [1.54, 1.807) is 11.3 Å². The van der Waals surface area contributed by atoms with Gasteiger partial charge in [0.2, 0.25) is 0 Å². The van der Waals surface area contributed by atoms with E-state index >= 15 is 0 Å². The van der Waals surface area contributed by atoms with Crippen molar-refractivity contribution in [1.29, 1.82) is 0 Å². The molecule has 0 amide bonds. The van der Waals surface area contributed by atoms with Gasteiger partial charge in [0.05, 0.1) is 5.69 Å². The van der Waals surface area contributed by atoms with E-state index in [4.69, 9.17) is 0 Å². The maximum absolute atomic E-state index is 4.57. The molecule has 3 nitrogen and oxygen atoms in total. The van der Waals surface area contributed by atoms with Gasteiger partial charge in [0.15, 0.2) is 0 Å². The molecule has 2 rings (SSSR count). The Kier molecular flexibility index (Phi) is 4.96. The minimum Gasteiger partial charge on any atom is -0.311 e. The van der Waals surface area contributed by atoms with Gasteiger partial charge in [-0.05, 0) is 54.8 Å². The number of hydrogen-bond acceptors (Lipinski definition) is 3. The van der Waals surface area contributed by atoms with Crippen LogP contribution in [0.2, 0.25) is 0 Å². The molecule has 0 aromatic carbocycles. The van der Waals surface area contributed by atoms with Crippen LogP contribution in [0.3, 0.4) is 0 Å². The highest BCUT2D eigenvalue weighted by Gasteiger charge is 2.04. The van der Waals surface area contributed by atoms with Crippen molar-refractivity contribution in [2.45, 2.75) is 39.3 Å². The molecule has 0 bridgehead atoms. The predicted octanol–water partition coefficient (Wildman–Crippen LogP) is 3.25. The first-order valence-electron chi connectivity index (χ1n) is 6.55. The molecule has 1 unspecified atom stereocenters. The van der Waals surface area contributed by atoms with E-state index in [9.17, 15) is 0 Å². The summed E-state index contributed by atoms with van der Waals surface area (Å²) < 4.78 is 2.05. The number of nitrogens with one attached hydrogen (secondary N) is 1. The highest BCUT2D eigenvalue weighted by molar-refractivity contribution is 7.07. The van der Waals surface area contributed by atoms with Crippen molar-refractivity contribution < 1.29 is 0 Å². The Morgan fingerprint density at radius 1 is 1.44 bits per heavy atom. The summed E-state index contributed by atoms with van der Waals surface area (Å²) in [6.45, 7) is 6.24. The quantitative estimate of drug-likeness (QED) is 0.777. The second kappa shape index (κ2) is 6.71. The van der Waals surface area contributed by atoms with E-state index in [2.05, 4.69) is 58.0 Å². The number of aromatic nitrogens is 2. The normalized spacial score (nSPS) is 12.8. The Morgan fingerprint density at radius 2 is 2.33 bits per heavy atom. The molecule has 0 spiro atoms.